The predicted molar refractivity (Wildman–Crippen MR) is 62.7 cm³/mol. The highest BCUT2D eigenvalue weighted by molar-refractivity contribution is 5.75. The van der Waals surface area contributed by atoms with Crippen LogP contribution in [0, 0.1) is 0 Å². The van der Waals surface area contributed by atoms with Crippen molar-refractivity contribution in [3.63, 3.8) is 0 Å². The molecule has 3 nitrogen and oxygen atoms in total. The zero-order valence-electron chi connectivity index (χ0n) is 9.93. The van der Waals surface area contributed by atoms with Crippen molar-refractivity contribution in [2.24, 2.45) is 0 Å². The van der Waals surface area contributed by atoms with E-state index in [1.54, 1.807) is 0 Å². The fourth-order valence-electron chi connectivity index (χ4n) is 1.44. The van der Waals surface area contributed by atoms with Gasteiger partial charge >= 0.3 is 0 Å². The van der Waals surface area contributed by atoms with E-state index < -0.39 is 0 Å². The Hall–Kier alpha value is -0.570. The van der Waals surface area contributed by atoms with Crippen LogP contribution in [0.4, 0.5) is 0 Å². The summed E-state index contributed by atoms with van der Waals surface area (Å²) in [5.74, 6) is 0.157. The molecule has 0 aliphatic carbocycles. The van der Waals surface area contributed by atoms with Crippen molar-refractivity contribution < 1.29 is 9.90 Å². The highest BCUT2D eigenvalue weighted by Gasteiger charge is 1.99. The molecule has 0 atom stereocenters. The maximum absolute atomic E-state index is 11.3. The van der Waals surface area contributed by atoms with E-state index in [2.05, 4.69) is 12.2 Å². The molecule has 0 bridgehead atoms. The first-order valence-corrected chi connectivity index (χ1v) is 6.18. The minimum Gasteiger partial charge on any atom is -0.396 e. The second-order valence-electron chi connectivity index (χ2n) is 3.94. The van der Waals surface area contributed by atoms with Gasteiger partial charge < -0.3 is 10.4 Å². The van der Waals surface area contributed by atoms with Gasteiger partial charge in [0.05, 0.1) is 0 Å². The van der Waals surface area contributed by atoms with Crippen molar-refractivity contribution in [1.82, 2.24) is 5.32 Å². The van der Waals surface area contributed by atoms with E-state index in [9.17, 15) is 4.79 Å². The van der Waals surface area contributed by atoms with Gasteiger partial charge in [0, 0.05) is 19.6 Å². The van der Waals surface area contributed by atoms with E-state index in [1.165, 1.54) is 19.3 Å². The molecule has 1 amide bonds. The van der Waals surface area contributed by atoms with Crippen molar-refractivity contribution in [1.29, 1.82) is 0 Å². The molecule has 0 rings (SSSR count). The van der Waals surface area contributed by atoms with Crippen LogP contribution in [-0.4, -0.2) is 24.2 Å². The maximum Gasteiger partial charge on any atom is 0.219 e. The third-order valence-corrected chi connectivity index (χ3v) is 2.41. The molecule has 0 saturated heterocycles. The molecule has 0 aliphatic rings. The summed E-state index contributed by atoms with van der Waals surface area (Å²) >= 11 is 0. The summed E-state index contributed by atoms with van der Waals surface area (Å²) < 4.78 is 0. The first kappa shape index (κ1) is 14.4. The van der Waals surface area contributed by atoms with Crippen LogP contribution in [0.2, 0.25) is 0 Å². The second-order valence-corrected chi connectivity index (χ2v) is 3.94. The topological polar surface area (TPSA) is 49.3 Å². The van der Waals surface area contributed by atoms with Crippen molar-refractivity contribution in [3.05, 3.63) is 0 Å². The Balaban J connectivity index is 3.11. The smallest absolute Gasteiger partial charge is 0.219 e. The molecule has 0 fully saturated rings. The molecule has 0 unspecified atom stereocenters. The van der Waals surface area contributed by atoms with Crippen LogP contribution >= 0.6 is 0 Å². The number of hydrogen-bond acceptors (Lipinski definition) is 2. The van der Waals surface area contributed by atoms with Gasteiger partial charge in [-0.2, -0.15) is 0 Å². The summed E-state index contributed by atoms with van der Waals surface area (Å²) in [6.45, 7) is 3.23. The largest absolute Gasteiger partial charge is 0.396 e. The molecule has 0 spiro atoms. The van der Waals surface area contributed by atoms with Crippen molar-refractivity contribution >= 4 is 5.91 Å². The molecule has 15 heavy (non-hydrogen) atoms. The molecule has 0 aliphatic heterocycles. The first-order chi connectivity index (χ1) is 7.31. The molecule has 0 aromatic carbocycles. The standard InChI is InChI=1S/C12H25NO2/c1-2-3-4-7-10-13-12(15)9-6-5-8-11-14/h14H,2-11H2,1H3,(H,13,15). The van der Waals surface area contributed by atoms with Gasteiger partial charge in [0.1, 0.15) is 0 Å². The maximum atomic E-state index is 11.3. The van der Waals surface area contributed by atoms with Gasteiger partial charge in [-0.25, -0.2) is 0 Å². The van der Waals surface area contributed by atoms with Crippen molar-refractivity contribution in [2.75, 3.05) is 13.2 Å². The average Bonchev–Trinajstić information content (AvgIpc) is 2.24. The monoisotopic (exact) mass is 215 g/mol. The van der Waals surface area contributed by atoms with Crippen molar-refractivity contribution in [2.45, 2.75) is 58.3 Å². The highest BCUT2D eigenvalue weighted by Crippen LogP contribution is 2.00. The Bertz CT molecular complexity index is 149. The molecule has 2 N–H and O–H groups in total. The normalized spacial score (nSPS) is 10.3. The van der Waals surface area contributed by atoms with Gasteiger partial charge in [0.2, 0.25) is 5.91 Å². The fourth-order valence-corrected chi connectivity index (χ4v) is 1.44. The summed E-state index contributed by atoms with van der Waals surface area (Å²) in [4.78, 5) is 11.3. The van der Waals surface area contributed by atoms with Gasteiger partial charge in [0.25, 0.3) is 0 Å². The SMILES string of the molecule is CCCCCCNC(=O)CCCCCO. The number of aliphatic hydroxyl groups is 1. The van der Waals surface area contributed by atoms with Crippen LogP contribution in [0.15, 0.2) is 0 Å². The number of amides is 1. The van der Waals surface area contributed by atoms with Crippen LogP contribution < -0.4 is 5.32 Å². The number of carbonyl (C=O) groups is 1. The molecular weight excluding hydrogens is 190 g/mol. The van der Waals surface area contributed by atoms with Crippen LogP contribution in [0.5, 0.6) is 0 Å². The number of unbranched alkanes of at least 4 members (excludes halogenated alkanes) is 5. The summed E-state index contributed by atoms with van der Waals surface area (Å²) in [5, 5.41) is 11.5. The number of aliphatic hydroxyl groups excluding tert-OH is 1. The van der Waals surface area contributed by atoms with Gasteiger partial charge in [-0.15, -0.1) is 0 Å². The molecular formula is C12H25NO2. The minimum atomic E-state index is 0.157. The lowest BCUT2D eigenvalue weighted by molar-refractivity contribution is -0.121. The Morgan fingerprint density at radius 3 is 2.47 bits per heavy atom. The van der Waals surface area contributed by atoms with E-state index in [0.717, 1.165) is 32.2 Å². The zero-order chi connectivity index (χ0) is 11.4. The lowest BCUT2D eigenvalue weighted by atomic mass is 10.2. The van der Waals surface area contributed by atoms with E-state index in [4.69, 9.17) is 5.11 Å². The Morgan fingerprint density at radius 1 is 1.07 bits per heavy atom. The zero-order valence-corrected chi connectivity index (χ0v) is 9.93. The lowest BCUT2D eigenvalue weighted by Gasteiger charge is -2.04. The minimum absolute atomic E-state index is 0.157. The first-order valence-electron chi connectivity index (χ1n) is 6.18. The van der Waals surface area contributed by atoms with Crippen molar-refractivity contribution in [3.8, 4) is 0 Å². The molecule has 3 heteroatoms. The van der Waals surface area contributed by atoms with Gasteiger partial charge in [-0.1, -0.05) is 32.6 Å². The number of carbonyl (C=O) groups excluding carboxylic acids is 1. The average molecular weight is 215 g/mol. The Labute approximate surface area is 93.3 Å². The molecule has 0 radical (unpaired) electrons. The Morgan fingerprint density at radius 2 is 1.80 bits per heavy atom. The highest BCUT2D eigenvalue weighted by atomic mass is 16.2. The van der Waals surface area contributed by atoms with E-state index in [0.29, 0.717) is 6.42 Å². The lowest BCUT2D eigenvalue weighted by Crippen LogP contribution is -2.23. The van der Waals surface area contributed by atoms with E-state index >= 15 is 0 Å². The molecule has 0 saturated carbocycles. The predicted octanol–water partition coefficient (Wildman–Crippen LogP) is 2.24. The molecule has 90 valence electrons. The number of rotatable bonds is 10. The summed E-state index contributed by atoms with van der Waals surface area (Å²) in [6, 6.07) is 0. The van der Waals surface area contributed by atoms with Gasteiger partial charge in [0.15, 0.2) is 0 Å². The van der Waals surface area contributed by atoms with Crippen LogP contribution in [-0.2, 0) is 4.79 Å². The summed E-state index contributed by atoms with van der Waals surface area (Å²) in [5.41, 5.74) is 0. The fraction of sp³-hybridized carbons (Fsp3) is 0.917. The third kappa shape index (κ3) is 11.4. The molecule has 0 heterocycles. The van der Waals surface area contributed by atoms with Crippen LogP contribution in [0.1, 0.15) is 58.3 Å². The molecule has 0 aromatic heterocycles. The third-order valence-electron chi connectivity index (χ3n) is 2.41. The van der Waals surface area contributed by atoms with Gasteiger partial charge in [-0.05, 0) is 19.3 Å². The van der Waals surface area contributed by atoms with E-state index in [1.807, 2.05) is 0 Å². The quantitative estimate of drug-likeness (QED) is 0.549. The van der Waals surface area contributed by atoms with Crippen LogP contribution in [0.25, 0.3) is 0 Å². The molecule has 0 aromatic rings. The van der Waals surface area contributed by atoms with Crippen LogP contribution in [0.3, 0.4) is 0 Å². The van der Waals surface area contributed by atoms with Gasteiger partial charge in [-0.3, -0.25) is 4.79 Å². The van der Waals surface area contributed by atoms with E-state index in [-0.39, 0.29) is 12.5 Å². The number of nitrogens with one attached hydrogen (secondary N) is 1. The summed E-state index contributed by atoms with van der Waals surface area (Å²) in [6.07, 6.45) is 8.04. The second kappa shape index (κ2) is 11.5. The summed E-state index contributed by atoms with van der Waals surface area (Å²) in [7, 11) is 0. The Kier molecular flexibility index (Phi) is 11.1. The number of hydrogen-bond donors (Lipinski definition) is 2.